The van der Waals surface area contributed by atoms with Crippen LogP contribution in [0.3, 0.4) is 0 Å². The van der Waals surface area contributed by atoms with Gasteiger partial charge in [0, 0.05) is 31.5 Å². The predicted octanol–water partition coefficient (Wildman–Crippen LogP) is 2.68. The Labute approximate surface area is 148 Å². The van der Waals surface area contributed by atoms with Gasteiger partial charge in [-0.2, -0.15) is 0 Å². The van der Waals surface area contributed by atoms with Crippen LogP contribution in [0.1, 0.15) is 30.9 Å². The zero-order valence-electron chi connectivity index (χ0n) is 14.7. The molecule has 1 saturated heterocycles. The number of halogens is 1. The van der Waals surface area contributed by atoms with Gasteiger partial charge in [0.1, 0.15) is 5.82 Å². The van der Waals surface area contributed by atoms with Crippen molar-refractivity contribution in [1.29, 1.82) is 0 Å². The van der Waals surface area contributed by atoms with Crippen LogP contribution in [0.15, 0.2) is 48.8 Å². The summed E-state index contributed by atoms with van der Waals surface area (Å²) in [6.45, 7) is 5.28. The van der Waals surface area contributed by atoms with Crippen LogP contribution in [0.5, 0.6) is 0 Å². The van der Waals surface area contributed by atoms with E-state index < -0.39 is 5.60 Å². The molecule has 0 amide bonds. The molecule has 1 fully saturated rings. The fourth-order valence-electron chi connectivity index (χ4n) is 3.30. The lowest BCUT2D eigenvalue weighted by Crippen LogP contribution is -2.46. The maximum absolute atomic E-state index is 13.0. The Hall–Kier alpha value is -1.82. The van der Waals surface area contributed by atoms with Gasteiger partial charge in [0.2, 0.25) is 0 Å². The second kappa shape index (κ2) is 8.04. The molecule has 25 heavy (non-hydrogen) atoms. The Bertz CT molecular complexity index is 652. The Morgan fingerprint density at radius 3 is 2.44 bits per heavy atom. The summed E-state index contributed by atoms with van der Waals surface area (Å²) in [5.41, 5.74) is 1.03. The topological polar surface area (TPSA) is 48.4 Å². The molecule has 2 aromatic rings. The first-order valence-corrected chi connectivity index (χ1v) is 8.86. The normalized spacial score (nSPS) is 18.8. The molecule has 1 aliphatic rings. The standard InChI is InChI=1S/C20H26FN3O/c1-20(25,17-2-4-18(21)5-3-17)15-23-19-8-12-24(13-9-19)14-16-6-10-22-11-7-16/h2-7,10-11,19,23,25H,8-9,12-15H2,1H3. The van der Waals surface area contributed by atoms with Crippen molar-refractivity contribution < 1.29 is 9.50 Å². The number of piperidine rings is 1. The quantitative estimate of drug-likeness (QED) is 0.847. The first-order chi connectivity index (χ1) is 12.0. The summed E-state index contributed by atoms with van der Waals surface area (Å²) in [5.74, 6) is -0.283. The number of likely N-dealkylation sites (tertiary alicyclic amines) is 1. The Kier molecular flexibility index (Phi) is 5.78. The van der Waals surface area contributed by atoms with Crippen LogP contribution in [-0.2, 0) is 12.1 Å². The summed E-state index contributed by atoms with van der Waals surface area (Å²) in [7, 11) is 0. The van der Waals surface area contributed by atoms with E-state index in [0.717, 1.165) is 38.0 Å². The molecular weight excluding hydrogens is 317 g/mol. The van der Waals surface area contributed by atoms with E-state index in [1.807, 2.05) is 12.4 Å². The largest absolute Gasteiger partial charge is 0.384 e. The van der Waals surface area contributed by atoms with Crippen LogP contribution in [0.4, 0.5) is 4.39 Å². The van der Waals surface area contributed by atoms with Gasteiger partial charge < -0.3 is 10.4 Å². The van der Waals surface area contributed by atoms with Gasteiger partial charge in [-0.3, -0.25) is 9.88 Å². The van der Waals surface area contributed by atoms with Gasteiger partial charge >= 0.3 is 0 Å². The van der Waals surface area contributed by atoms with E-state index in [9.17, 15) is 9.50 Å². The molecule has 5 heteroatoms. The monoisotopic (exact) mass is 343 g/mol. The molecule has 1 aliphatic heterocycles. The minimum Gasteiger partial charge on any atom is -0.384 e. The SMILES string of the molecule is CC(O)(CNC1CCN(Cc2ccncc2)CC1)c1ccc(F)cc1. The van der Waals surface area contributed by atoms with Crippen LogP contribution < -0.4 is 5.32 Å². The number of nitrogens with zero attached hydrogens (tertiary/aromatic N) is 2. The number of hydrogen-bond acceptors (Lipinski definition) is 4. The van der Waals surface area contributed by atoms with Crippen molar-refractivity contribution in [2.75, 3.05) is 19.6 Å². The van der Waals surface area contributed by atoms with Gasteiger partial charge in [0.25, 0.3) is 0 Å². The van der Waals surface area contributed by atoms with Crippen molar-refractivity contribution in [2.24, 2.45) is 0 Å². The number of aromatic nitrogens is 1. The molecular formula is C20H26FN3O. The van der Waals surface area contributed by atoms with Crippen LogP contribution >= 0.6 is 0 Å². The number of pyridine rings is 1. The number of nitrogens with one attached hydrogen (secondary N) is 1. The fourth-order valence-corrected chi connectivity index (χ4v) is 3.30. The zero-order valence-corrected chi connectivity index (χ0v) is 14.7. The third-order valence-corrected chi connectivity index (χ3v) is 4.94. The fraction of sp³-hybridized carbons (Fsp3) is 0.450. The molecule has 1 unspecified atom stereocenters. The highest BCUT2D eigenvalue weighted by molar-refractivity contribution is 5.22. The van der Waals surface area contributed by atoms with Gasteiger partial charge in [-0.1, -0.05) is 12.1 Å². The van der Waals surface area contributed by atoms with E-state index in [2.05, 4.69) is 27.3 Å². The number of benzene rings is 1. The minimum absolute atomic E-state index is 0.283. The van der Waals surface area contributed by atoms with Crippen LogP contribution in [0.2, 0.25) is 0 Å². The first kappa shape index (κ1) is 18.0. The summed E-state index contributed by atoms with van der Waals surface area (Å²) < 4.78 is 13.0. The van der Waals surface area contributed by atoms with Crippen molar-refractivity contribution in [3.8, 4) is 0 Å². The second-order valence-electron chi connectivity index (χ2n) is 7.07. The second-order valence-corrected chi connectivity index (χ2v) is 7.07. The molecule has 0 radical (unpaired) electrons. The molecule has 1 aromatic carbocycles. The van der Waals surface area contributed by atoms with Crippen molar-refractivity contribution in [3.05, 3.63) is 65.7 Å². The Morgan fingerprint density at radius 1 is 1.16 bits per heavy atom. The highest BCUT2D eigenvalue weighted by Gasteiger charge is 2.26. The minimum atomic E-state index is -0.998. The molecule has 2 heterocycles. The van der Waals surface area contributed by atoms with Gasteiger partial charge in [-0.15, -0.1) is 0 Å². The molecule has 0 saturated carbocycles. The molecule has 4 nitrogen and oxygen atoms in total. The summed E-state index contributed by atoms with van der Waals surface area (Å²) in [4.78, 5) is 6.50. The average Bonchev–Trinajstić information content (AvgIpc) is 2.62. The maximum atomic E-state index is 13.0. The lowest BCUT2D eigenvalue weighted by atomic mass is 9.95. The van der Waals surface area contributed by atoms with Crippen molar-refractivity contribution >= 4 is 0 Å². The lowest BCUT2D eigenvalue weighted by molar-refractivity contribution is 0.0499. The maximum Gasteiger partial charge on any atom is 0.123 e. The Balaban J connectivity index is 1.45. The first-order valence-electron chi connectivity index (χ1n) is 8.86. The average molecular weight is 343 g/mol. The summed E-state index contributed by atoms with van der Waals surface area (Å²) >= 11 is 0. The van der Waals surface area contributed by atoms with E-state index in [4.69, 9.17) is 0 Å². The molecule has 2 N–H and O–H groups in total. The van der Waals surface area contributed by atoms with Crippen molar-refractivity contribution in [3.63, 3.8) is 0 Å². The van der Waals surface area contributed by atoms with Crippen molar-refractivity contribution in [2.45, 2.75) is 38.0 Å². The molecule has 0 spiro atoms. The van der Waals surface area contributed by atoms with Crippen molar-refractivity contribution in [1.82, 2.24) is 15.2 Å². The van der Waals surface area contributed by atoms with Gasteiger partial charge in [0.05, 0.1) is 5.60 Å². The van der Waals surface area contributed by atoms with Crippen LogP contribution in [-0.4, -0.2) is 40.7 Å². The summed E-state index contributed by atoms with van der Waals surface area (Å²) in [6, 6.07) is 10.6. The summed E-state index contributed by atoms with van der Waals surface area (Å²) in [6.07, 6.45) is 5.79. The van der Waals surface area contributed by atoms with Gasteiger partial charge in [-0.05, 0) is 68.2 Å². The molecule has 3 rings (SSSR count). The number of hydrogen-bond donors (Lipinski definition) is 2. The molecule has 1 atom stereocenters. The van der Waals surface area contributed by atoms with E-state index in [-0.39, 0.29) is 5.82 Å². The third-order valence-electron chi connectivity index (χ3n) is 4.94. The highest BCUT2D eigenvalue weighted by atomic mass is 19.1. The van der Waals surface area contributed by atoms with Gasteiger partial charge in [-0.25, -0.2) is 4.39 Å². The highest BCUT2D eigenvalue weighted by Crippen LogP contribution is 2.21. The van der Waals surface area contributed by atoms with Crippen LogP contribution in [0, 0.1) is 5.82 Å². The molecule has 1 aromatic heterocycles. The van der Waals surface area contributed by atoms with E-state index in [1.54, 1.807) is 19.1 Å². The smallest absolute Gasteiger partial charge is 0.123 e. The third kappa shape index (κ3) is 5.08. The molecule has 134 valence electrons. The van der Waals surface area contributed by atoms with E-state index in [0.29, 0.717) is 12.6 Å². The summed E-state index contributed by atoms with van der Waals surface area (Å²) in [5, 5.41) is 14.1. The zero-order chi connectivity index (χ0) is 17.7. The molecule has 0 bridgehead atoms. The predicted molar refractivity (Wildman–Crippen MR) is 96.5 cm³/mol. The lowest BCUT2D eigenvalue weighted by Gasteiger charge is -2.34. The number of rotatable bonds is 6. The molecule has 0 aliphatic carbocycles. The van der Waals surface area contributed by atoms with Gasteiger partial charge in [0.15, 0.2) is 0 Å². The Morgan fingerprint density at radius 2 is 1.80 bits per heavy atom. The van der Waals surface area contributed by atoms with E-state index >= 15 is 0 Å². The van der Waals surface area contributed by atoms with Crippen LogP contribution in [0.25, 0.3) is 0 Å². The van der Waals surface area contributed by atoms with E-state index in [1.165, 1.54) is 17.7 Å². The number of aliphatic hydroxyl groups is 1.